The van der Waals surface area contributed by atoms with Gasteiger partial charge in [-0.3, -0.25) is 4.79 Å². The van der Waals surface area contributed by atoms with Gasteiger partial charge in [0, 0.05) is 11.8 Å². The summed E-state index contributed by atoms with van der Waals surface area (Å²) in [5, 5.41) is 1.34. The summed E-state index contributed by atoms with van der Waals surface area (Å²) in [7, 11) is 0. The first-order valence-corrected chi connectivity index (χ1v) is 10.00. The highest BCUT2D eigenvalue weighted by atomic mass is 35.5. The van der Waals surface area contributed by atoms with E-state index in [2.05, 4.69) is 28.2 Å². The Balaban J connectivity index is 2.07. The molecule has 0 bridgehead atoms. The van der Waals surface area contributed by atoms with E-state index in [4.69, 9.17) is 17.3 Å². The largest absolute Gasteiger partial charge is 0.369 e. The van der Waals surface area contributed by atoms with Crippen molar-refractivity contribution in [2.24, 2.45) is 17.6 Å². The fourth-order valence-corrected chi connectivity index (χ4v) is 3.42. The first-order chi connectivity index (χ1) is 12.0. The molecule has 2 rings (SSSR count). The van der Waals surface area contributed by atoms with Crippen LogP contribution in [0.2, 0.25) is 5.02 Å². The molecule has 1 amide bonds. The minimum atomic E-state index is -0.270. The van der Waals surface area contributed by atoms with E-state index < -0.39 is 0 Å². The SMILES string of the molecule is CSc1ncc(Cl)c(CCCC2=CCC=CC=CC2C(C)C(N)=O)n1. The predicted octanol–water partition coefficient (Wildman–Crippen LogP) is 4.35. The molecule has 1 aromatic heterocycles. The maximum Gasteiger partial charge on any atom is 0.221 e. The second-order valence-corrected chi connectivity index (χ2v) is 7.23. The Morgan fingerprint density at radius 3 is 2.96 bits per heavy atom. The van der Waals surface area contributed by atoms with E-state index in [-0.39, 0.29) is 17.7 Å². The summed E-state index contributed by atoms with van der Waals surface area (Å²) in [6, 6.07) is 0. The number of primary amides is 1. The minimum Gasteiger partial charge on any atom is -0.369 e. The van der Waals surface area contributed by atoms with Crippen LogP contribution in [0.15, 0.2) is 47.3 Å². The van der Waals surface area contributed by atoms with Gasteiger partial charge in [-0.2, -0.15) is 0 Å². The van der Waals surface area contributed by atoms with Gasteiger partial charge in [0.25, 0.3) is 0 Å². The molecule has 0 aromatic carbocycles. The normalized spacial score (nSPS) is 18.4. The van der Waals surface area contributed by atoms with Gasteiger partial charge in [-0.1, -0.05) is 66.2 Å². The van der Waals surface area contributed by atoms with Gasteiger partial charge in [-0.15, -0.1) is 0 Å². The molecule has 1 aromatic rings. The monoisotopic (exact) mass is 377 g/mol. The van der Waals surface area contributed by atoms with Crippen LogP contribution in [0.25, 0.3) is 0 Å². The van der Waals surface area contributed by atoms with Crippen LogP contribution < -0.4 is 5.73 Å². The lowest BCUT2D eigenvalue weighted by molar-refractivity contribution is -0.122. The highest BCUT2D eigenvalue weighted by Crippen LogP contribution is 2.29. The molecule has 2 unspecified atom stereocenters. The van der Waals surface area contributed by atoms with Gasteiger partial charge < -0.3 is 5.73 Å². The maximum absolute atomic E-state index is 11.7. The number of hydrogen-bond acceptors (Lipinski definition) is 4. The molecule has 0 fully saturated rings. The van der Waals surface area contributed by atoms with Gasteiger partial charge in [-0.25, -0.2) is 9.97 Å². The summed E-state index contributed by atoms with van der Waals surface area (Å²) in [6.45, 7) is 1.89. The van der Waals surface area contributed by atoms with Crippen molar-refractivity contribution in [1.82, 2.24) is 9.97 Å². The Morgan fingerprint density at radius 1 is 1.44 bits per heavy atom. The molecule has 4 nitrogen and oxygen atoms in total. The molecule has 6 heteroatoms. The van der Waals surface area contributed by atoms with Crippen LogP contribution in [-0.2, 0) is 11.2 Å². The van der Waals surface area contributed by atoms with Crippen LogP contribution in [0.5, 0.6) is 0 Å². The molecule has 0 aliphatic heterocycles. The molecule has 1 aliphatic carbocycles. The van der Waals surface area contributed by atoms with E-state index in [0.29, 0.717) is 5.02 Å². The average molecular weight is 378 g/mol. The molecule has 0 spiro atoms. The van der Waals surface area contributed by atoms with E-state index in [9.17, 15) is 4.79 Å². The number of nitrogens with two attached hydrogens (primary N) is 1. The third-order valence-electron chi connectivity index (χ3n) is 4.35. The molecule has 1 heterocycles. The smallest absolute Gasteiger partial charge is 0.221 e. The average Bonchev–Trinajstić information content (AvgIpc) is 2.58. The summed E-state index contributed by atoms with van der Waals surface area (Å²) in [5.74, 6) is -0.446. The first-order valence-electron chi connectivity index (χ1n) is 8.40. The number of thioether (sulfide) groups is 1. The van der Waals surface area contributed by atoms with Crippen molar-refractivity contribution in [2.45, 2.75) is 37.8 Å². The molecule has 0 saturated carbocycles. The zero-order valence-electron chi connectivity index (χ0n) is 14.6. The standard InChI is InChI=1S/C19H24ClN3OS/c1-13(18(21)24)15-10-6-4-3-5-8-14(15)9-7-11-17-16(20)12-22-19(23-17)25-2/h3-4,6,8,10,12-13,15H,5,7,9,11H2,1-2H3,(H2,21,24). The van der Waals surface area contributed by atoms with Crippen molar-refractivity contribution in [3.8, 4) is 0 Å². The lowest BCUT2D eigenvalue weighted by Crippen LogP contribution is -2.28. The maximum atomic E-state index is 11.7. The Kier molecular flexibility index (Phi) is 7.72. The minimum absolute atomic E-state index is 0.0464. The highest BCUT2D eigenvalue weighted by Gasteiger charge is 2.23. The van der Waals surface area contributed by atoms with Gasteiger partial charge in [0.15, 0.2) is 5.16 Å². The lowest BCUT2D eigenvalue weighted by Gasteiger charge is -2.23. The number of rotatable bonds is 7. The van der Waals surface area contributed by atoms with Crippen molar-refractivity contribution in [3.05, 3.63) is 52.9 Å². The summed E-state index contributed by atoms with van der Waals surface area (Å²) in [4.78, 5) is 20.3. The Labute approximate surface area is 158 Å². The number of allylic oxidation sites excluding steroid dienone is 6. The fourth-order valence-electron chi connectivity index (χ4n) is 2.87. The third kappa shape index (κ3) is 5.72. The van der Waals surface area contributed by atoms with E-state index >= 15 is 0 Å². The molecule has 134 valence electrons. The van der Waals surface area contributed by atoms with Crippen LogP contribution in [0.1, 0.15) is 31.9 Å². The number of amides is 1. The van der Waals surface area contributed by atoms with Gasteiger partial charge in [-0.05, 0) is 31.9 Å². The number of hydrogen-bond donors (Lipinski definition) is 1. The molecule has 2 N–H and O–H groups in total. The van der Waals surface area contributed by atoms with Crippen molar-refractivity contribution < 1.29 is 4.79 Å². The fraction of sp³-hybridized carbons (Fsp3) is 0.421. The van der Waals surface area contributed by atoms with Crippen LogP contribution in [-0.4, -0.2) is 22.1 Å². The van der Waals surface area contributed by atoms with Crippen LogP contribution in [0, 0.1) is 11.8 Å². The number of halogens is 1. The first kappa shape index (κ1) is 19.7. The van der Waals surface area contributed by atoms with Gasteiger partial charge in [0.05, 0.1) is 16.9 Å². The Bertz CT molecular complexity index is 700. The van der Waals surface area contributed by atoms with E-state index in [1.165, 1.54) is 17.3 Å². The number of carbonyl (C=O) groups excluding carboxylic acids is 1. The summed E-state index contributed by atoms with van der Waals surface area (Å²) in [5.41, 5.74) is 7.67. The van der Waals surface area contributed by atoms with Crippen molar-refractivity contribution >= 4 is 29.3 Å². The summed E-state index contributed by atoms with van der Waals surface area (Å²) < 4.78 is 0. The van der Waals surface area contributed by atoms with Crippen LogP contribution in [0.3, 0.4) is 0 Å². The number of carbonyl (C=O) groups is 1. The molecule has 0 radical (unpaired) electrons. The zero-order valence-corrected chi connectivity index (χ0v) is 16.2. The number of nitrogens with zero attached hydrogens (tertiary/aromatic N) is 2. The summed E-state index contributed by atoms with van der Waals surface area (Å²) in [6.07, 6.45) is 17.5. The second-order valence-electron chi connectivity index (χ2n) is 6.05. The van der Waals surface area contributed by atoms with E-state index in [1.807, 2.05) is 25.3 Å². The zero-order chi connectivity index (χ0) is 18.2. The molecule has 25 heavy (non-hydrogen) atoms. The Hall–Kier alpha value is -1.59. The second kappa shape index (κ2) is 9.78. The topological polar surface area (TPSA) is 68.9 Å². The molecular formula is C19H24ClN3OS. The summed E-state index contributed by atoms with van der Waals surface area (Å²) >= 11 is 7.72. The molecule has 0 saturated heterocycles. The highest BCUT2D eigenvalue weighted by molar-refractivity contribution is 7.98. The van der Waals surface area contributed by atoms with E-state index in [1.54, 1.807) is 6.20 Å². The number of aryl methyl sites for hydroxylation is 1. The van der Waals surface area contributed by atoms with Crippen LogP contribution in [0.4, 0.5) is 0 Å². The molecule has 2 atom stereocenters. The number of aromatic nitrogens is 2. The molecule has 1 aliphatic rings. The quantitative estimate of drug-likeness (QED) is 0.435. The van der Waals surface area contributed by atoms with Gasteiger partial charge in [0.1, 0.15) is 0 Å². The van der Waals surface area contributed by atoms with Crippen molar-refractivity contribution in [3.63, 3.8) is 0 Å². The molecular weight excluding hydrogens is 354 g/mol. The Morgan fingerprint density at radius 2 is 2.24 bits per heavy atom. The van der Waals surface area contributed by atoms with E-state index in [0.717, 1.165) is 36.5 Å². The van der Waals surface area contributed by atoms with Crippen LogP contribution >= 0.6 is 23.4 Å². The third-order valence-corrected chi connectivity index (χ3v) is 5.23. The van der Waals surface area contributed by atoms with Crippen molar-refractivity contribution in [2.75, 3.05) is 6.26 Å². The van der Waals surface area contributed by atoms with Crippen molar-refractivity contribution in [1.29, 1.82) is 0 Å². The lowest BCUT2D eigenvalue weighted by atomic mass is 9.82. The predicted molar refractivity (Wildman–Crippen MR) is 105 cm³/mol. The van der Waals surface area contributed by atoms with Gasteiger partial charge in [0.2, 0.25) is 5.91 Å². The van der Waals surface area contributed by atoms with Gasteiger partial charge >= 0.3 is 0 Å².